The van der Waals surface area contributed by atoms with Gasteiger partial charge in [0.1, 0.15) is 5.69 Å². The van der Waals surface area contributed by atoms with Gasteiger partial charge in [-0.1, -0.05) is 30.3 Å². The molecule has 146 valence electrons. The summed E-state index contributed by atoms with van der Waals surface area (Å²) < 4.78 is 4.78. The minimum absolute atomic E-state index is 0.277. The lowest BCUT2D eigenvalue weighted by Gasteiger charge is -2.25. The Kier molecular flexibility index (Phi) is 4.99. The van der Waals surface area contributed by atoms with Gasteiger partial charge >= 0.3 is 5.97 Å². The molecule has 2 aromatic carbocycles. The van der Waals surface area contributed by atoms with Crippen LogP contribution in [0.15, 0.2) is 66.9 Å². The Bertz CT molecular complexity index is 1080. The number of carbonyl (C=O) groups excluding carboxylic acids is 2. The van der Waals surface area contributed by atoms with Crippen LogP contribution in [0.2, 0.25) is 0 Å². The van der Waals surface area contributed by atoms with E-state index in [0.717, 1.165) is 17.8 Å². The number of fused-ring (bicyclic) bond motifs is 1. The molecule has 0 aliphatic carbocycles. The highest BCUT2D eigenvalue weighted by Crippen LogP contribution is 2.38. The number of methoxy groups -OCH3 is 1. The van der Waals surface area contributed by atoms with Crippen molar-refractivity contribution >= 4 is 28.9 Å². The fraction of sp³-hybridized carbons (Fsp3) is 0.174. The molecule has 0 fully saturated rings. The Morgan fingerprint density at radius 2 is 1.86 bits per heavy atom. The van der Waals surface area contributed by atoms with Crippen molar-refractivity contribution < 1.29 is 14.3 Å². The smallest absolute Gasteiger partial charge is 0.339 e. The van der Waals surface area contributed by atoms with Gasteiger partial charge in [0, 0.05) is 23.6 Å². The molecule has 1 aromatic heterocycles. The molecule has 1 aliphatic rings. The number of nitrogens with zero attached hydrogens (tertiary/aromatic N) is 2. The van der Waals surface area contributed by atoms with E-state index in [0.29, 0.717) is 11.3 Å². The van der Waals surface area contributed by atoms with Gasteiger partial charge in [0.2, 0.25) is 0 Å². The molecule has 4 rings (SSSR count). The van der Waals surface area contributed by atoms with Crippen LogP contribution in [0.5, 0.6) is 0 Å². The van der Waals surface area contributed by atoms with Crippen LogP contribution in [0.4, 0.5) is 17.1 Å². The fourth-order valence-electron chi connectivity index (χ4n) is 3.72. The number of carbonyl (C=O) groups is 2. The lowest BCUT2D eigenvalue weighted by molar-refractivity contribution is 0.0602. The fourth-order valence-corrected chi connectivity index (χ4v) is 3.72. The van der Waals surface area contributed by atoms with Crippen LogP contribution < -0.4 is 10.2 Å². The first-order valence-electron chi connectivity index (χ1n) is 9.40. The van der Waals surface area contributed by atoms with Crippen molar-refractivity contribution in [3.8, 4) is 0 Å². The Morgan fingerprint density at radius 3 is 2.69 bits per heavy atom. The van der Waals surface area contributed by atoms with Crippen molar-refractivity contribution in [3.05, 3.63) is 83.7 Å². The number of hydrogen-bond donors (Lipinski definition) is 1. The molecule has 1 unspecified atom stereocenters. The van der Waals surface area contributed by atoms with Crippen LogP contribution in [-0.2, 0) is 11.2 Å². The molecule has 0 radical (unpaired) electrons. The third kappa shape index (κ3) is 3.57. The summed E-state index contributed by atoms with van der Waals surface area (Å²) in [7, 11) is 1.31. The lowest BCUT2D eigenvalue weighted by atomic mass is 10.1. The van der Waals surface area contributed by atoms with E-state index in [4.69, 9.17) is 4.74 Å². The minimum Gasteiger partial charge on any atom is -0.465 e. The molecular formula is C23H21N3O3. The summed E-state index contributed by atoms with van der Waals surface area (Å²) in [6, 6.07) is 19.0. The second-order valence-electron chi connectivity index (χ2n) is 6.94. The number of rotatable bonds is 4. The summed E-state index contributed by atoms with van der Waals surface area (Å²) in [6.07, 6.45) is 2.58. The second-order valence-corrected chi connectivity index (χ2v) is 6.94. The molecular weight excluding hydrogens is 366 g/mol. The molecule has 0 saturated heterocycles. The first-order valence-corrected chi connectivity index (χ1v) is 9.40. The number of ether oxygens (including phenoxy) is 1. The summed E-state index contributed by atoms with van der Waals surface area (Å²) in [6.45, 7) is 2.16. The average Bonchev–Trinajstić information content (AvgIpc) is 3.09. The number of nitrogens with one attached hydrogen (secondary N) is 1. The van der Waals surface area contributed by atoms with Crippen LogP contribution in [0.3, 0.4) is 0 Å². The summed E-state index contributed by atoms with van der Waals surface area (Å²) >= 11 is 0. The highest BCUT2D eigenvalue weighted by molar-refractivity contribution is 6.07. The molecule has 1 aliphatic heterocycles. The molecule has 1 N–H and O–H groups in total. The normalized spacial score (nSPS) is 15.0. The number of benzene rings is 2. The summed E-state index contributed by atoms with van der Waals surface area (Å²) in [5.74, 6) is -0.895. The number of esters is 1. The number of hydrogen-bond acceptors (Lipinski definition) is 5. The number of aromatic nitrogens is 1. The van der Waals surface area contributed by atoms with Gasteiger partial charge in [0.25, 0.3) is 5.91 Å². The number of pyridine rings is 1. The number of para-hydroxylation sites is 2. The largest absolute Gasteiger partial charge is 0.465 e. The highest BCUT2D eigenvalue weighted by Gasteiger charge is 2.27. The van der Waals surface area contributed by atoms with E-state index in [2.05, 4.69) is 34.3 Å². The molecule has 0 spiro atoms. The van der Waals surface area contributed by atoms with Gasteiger partial charge in [-0.05, 0) is 49.2 Å². The SMILES string of the molecule is COC(=O)c1ccccc1NC(=O)c1cc(N2c3ccccc3CC2C)ccn1. The quantitative estimate of drug-likeness (QED) is 0.679. The molecule has 3 aromatic rings. The number of amides is 1. The van der Waals surface area contributed by atoms with E-state index in [1.807, 2.05) is 18.2 Å². The van der Waals surface area contributed by atoms with Gasteiger partial charge in [0.05, 0.1) is 18.4 Å². The first kappa shape index (κ1) is 18.7. The van der Waals surface area contributed by atoms with Gasteiger partial charge in [0.15, 0.2) is 0 Å². The van der Waals surface area contributed by atoms with E-state index in [1.54, 1.807) is 36.5 Å². The van der Waals surface area contributed by atoms with E-state index < -0.39 is 5.97 Å². The minimum atomic E-state index is -0.509. The Morgan fingerprint density at radius 1 is 1.10 bits per heavy atom. The molecule has 2 heterocycles. The Hall–Kier alpha value is -3.67. The van der Waals surface area contributed by atoms with Crippen LogP contribution in [0, 0.1) is 0 Å². The van der Waals surface area contributed by atoms with E-state index in [1.165, 1.54) is 12.7 Å². The van der Waals surface area contributed by atoms with Crippen molar-refractivity contribution in [2.45, 2.75) is 19.4 Å². The standard InChI is InChI=1S/C23H21N3O3/c1-15-13-16-7-3-6-10-21(16)26(15)17-11-12-24-20(14-17)22(27)25-19-9-5-4-8-18(19)23(28)29-2/h3-12,14-15H,13H2,1-2H3,(H,25,27). The van der Waals surface area contributed by atoms with E-state index in [9.17, 15) is 9.59 Å². The first-order chi connectivity index (χ1) is 14.1. The summed E-state index contributed by atoms with van der Waals surface area (Å²) in [5, 5.41) is 2.77. The van der Waals surface area contributed by atoms with Gasteiger partial charge in [-0.25, -0.2) is 4.79 Å². The van der Waals surface area contributed by atoms with Crippen molar-refractivity contribution in [1.82, 2.24) is 4.98 Å². The molecule has 6 nitrogen and oxygen atoms in total. The monoisotopic (exact) mass is 387 g/mol. The van der Waals surface area contributed by atoms with Gasteiger partial charge in [-0.2, -0.15) is 0 Å². The van der Waals surface area contributed by atoms with Crippen molar-refractivity contribution in [3.63, 3.8) is 0 Å². The zero-order chi connectivity index (χ0) is 20.4. The average molecular weight is 387 g/mol. The molecule has 0 saturated carbocycles. The second kappa shape index (κ2) is 7.75. The van der Waals surface area contributed by atoms with Gasteiger partial charge in [-0.3, -0.25) is 9.78 Å². The Labute approximate surface area is 169 Å². The van der Waals surface area contributed by atoms with Crippen molar-refractivity contribution in [2.24, 2.45) is 0 Å². The zero-order valence-corrected chi connectivity index (χ0v) is 16.3. The van der Waals surface area contributed by atoms with E-state index >= 15 is 0 Å². The molecule has 29 heavy (non-hydrogen) atoms. The number of anilines is 3. The third-order valence-corrected chi connectivity index (χ3v) is 5.04. The van der Waals surface area contributed by atoms with Crippen LogP contribution >= 0.6 is 0 Å². The van der Waals surface area contributed by atoms with Gasteiger partial charge < -0.3 is 15.0 Å². The van der Waals surface area contributed by atoms with Crippen molar-refractivity contribution in [1.29, 1.82) is 0 Å². The highest BCUT2D eigenvalue weighted by atomic mass is 16.5. The summed E-state index contributed by atoms with van der Waals surface area (Å²) in [4.78, 5) is 31.2. The van der Waals surface area contributed by atoms with Crippen molar-refractivity contribution in [2.75, 3.05) is 17.3 Å². The third-order valence-electron chi connectivity index (χ3n) is 5.04. The summed E-state index contributed by atoms with van der Waals surface area (Å²) in [5.41, 5.74) is 4.30. The maximum Gasteiger partial charge on any atom is 0.339 e. The molecule has 1 amide bonds. The Balaban J connectivity index is 1.62. The van der Waals surface area contributed by atoms with E-state index in [-0.39, 0.29) is 17.6 Å². The molecule has 0 bridgehead atoms. The topological polar surface area (TPSA) is 71.5 Å². The van der Waals surface area contributed by atoms with Crippen LogP contribution in [0.1, 0.15) is 33.3 Å². The maximum atomic E-state index is 12.8. The van der Waals surface area contributed by atoms with Crippen LogP contribution in [0.25, 0.3) is 0 Å². The maximum absolute atomic E-state index is 12.8. The predicted octanol–water partition coefficient (Wildman–Crippen LogP) is 4.20. The molecule has 6 heteroatoms. The molecule has 1 atom stereocenters. The van der Waals surface area contributed by atoms with Crippen LogP contribution in [-0.4, -0.2) is 30.0 Å². The zero-order valence-electron chi connectivity index (χ0n) is 16.3. The lowest BCUT2D eigenvalue weighted by Crippen LogP contribution is -2.24. The predicted molar refractivity (Wildman–Crippen MR) is 112 cm³/mol. The van der Waals surface area contributed by atoms with Gasteiger partial charge in [-0.15, -0.1) is 0 Å².